The standard InChI is InChI=1S/C29H20N2O2/c1-17-25(19-11-5-7-13-21(19)30-17)27-23(32)15-16-24(33)28(27)26-20-12-6-8-14-22(20)31-29(26)18-9-3-2-4-10-18/h2-16,30-31H,1H3. The van der Waals surface area contributed by atoms with Crippen LogP contribution in [0.5, 0.6) is 0 Å². The van der Waals surface area contributed by atoms with E-state index >= 15 is 0 Å². The number of aromatic nitrogens is 2. The fraction of sp³-hybridized carbons (Fsp3) is 0.0345. The molecule has 6 rings (SSSR count). The van der Waals surface area contributed by atoms with E-state index < -0.39 is 0 Å². The van der Waals surface area contributed by atoms with Crippen molar-refractivity contribution in [3.63, 3.8) is 0 Å². The zero-order valence-corrected chi connectivity index (χ0v) is 18.0. The molecule has 0 saturated carbocycles. The molecule has 0 spiro atoms. The molecule has 2 N–H and O–H groups in total. The van der Waals surface area contributed by atoms with Gasteiger partial charge in [0.15, 0.2) is 11.6 Å². The van der Waals surface area contributed by atoms with Crippen molar-refractivity contribution in [2.24, 2.45) is 0 Å². The lowest BCUT2D eigenvalue weighted by Gasteiger charge is -2.17. The number of para-hydroxylation sites is 2. The van der Waals surface area contributed by atoms with Crippen LogP contribution in [-0.4, -0.2) is 21.5 Å². The predicted molar refractivity (Wildman–Crippen MR) is 133 cm³/mol. The van der Waals surface area contributed by atoms with Crippen molar-refractivity contribution in [2.75, 3.05) is 0 Å². The minimum atomic E-state index is -0.170. The Labute approximate surface area is 190 Å². The lowest BCUT2D eigenvalue weighted by Crippen LogP contribution is -2.14. The first-order chi connectivity index (χ1) is 16.1. The van der Waals surface area contributed by atoms with E-state index in [4.69, 9.17) is 0 Å². The third-order valence-electron chi connectivity index (χ3n) is 6.29. The number of nitrogens with one attached hydrogen (secondary N) is 2. The fourth-order valence-electron chi connectivity index (χ4n) is 4.88. The van der Waals surface area contributed by atoms with E-state index in [-0.39, 0.29) is 11.6 Å². The molecule has 4 nitrogen and oxygen atoms in total. The van der Waals surface area contributed by atoms with E-state index in [1.807, 2.05) is 85.8 Å². The fourth-order valence-corrected chi connectivity index (χ4v) is 4.88. The summed E-state index contributed by atoms with van der Waals surface area (Å²) in [6.07, 6.45) is 2.78. The number of hydrogen-bond donors (Lipinski definition) is 2. The van der Waals surface area contributed by atoms with Crippen molar-refractivity contribution in [2.45, 2.75) is 6.92 Å². The van der Waals surface area contributed by atoms with Crippen LogP contribution in [0.15, 0.2) is 91.0 Å². The van der Waals surface area contributed by atoms with Crippen molar-refractivity contribution in [1.29, 1.82) is 0 Å². The summed E-state index contributed by atoms with van der Waals surface area (Å²) in [6.45, 7) is 1.95. The molecular weight excluding hydrogens is 408 g/mol. The highest BCUT2D eigenvalue weighted by Crippen LogP contribution is 2.43. The van der Waals surface area contributed by atoms with Gasteiger partial charge in [0.05, 0.1) is 5.69 Å². The van der Waals surface area contributed by atoms with E-state index in [9.17, 15) is 9.59 Å². The molecule has 158 valence electrons. The Hall–Kier alpha value is -4.44. The van der Waals surface area contributed by atoms with Gasteiger partial charge in [-0.25, -0.2) is 0 Å². The second-order valence-corrected chi connectivity index (χ2v) is 8.27. The number of ketones is 2. The molecule has 0 unspecified atom stereocenters. The van der Waals surface area contributed by atoms with Gasteiger partial charge in [0.1, 0.15) is 0 Å². The van der Waals surface area contributed by atoms with E-state index in [0.717, 1.165) is 49.9 Å². The van der Waals surface area contributed by atoms with Crippen LogP contribution in [0.2, 0.25) is 0 Å². The second-order valence-electron chi connectivity index (χ2n) is 8.27. The molecule has 0 bridgehead atoms. The van der Waals surface area contributed by atoms with Crippen molar-refractivity contribution in [3.05, 3.63) is 108 Å². The van der Waals surface area contributed by atoms with E-state index in [0.29, 0.717) is 11.1 Å². The maximum atomic E-state index is 13.5. The zero-order valence-electron chi connectivity index (χ0n) is 18.0. The summed E-state index contributed by atoms with van der Waals surface area (Å²) in [4.78, 5) is 33.8. The quantitative estimate of drug-likeness (QED) is 0.334. The van der Waals surface area contributed by atoms with Gasteiger partial charge in [-0.2, -0.15) is 0 Å². The number of rotatable bonds is 3. The van der Waals surface area contributed by atoms with Crippen molar-refractivity contribution in [1.82, 2.24) is 9.97 Å². The van der Waals surface area contributed by atoms with Crippen molar-refractivity contribution >= 4 is 44.5 Å². The summed E-state index contributed by atoms with van der Waals surface area (Å²) in [5, 5.41) is 1.85. The molecule has 0 fully saturated rings. The van der Waals surface area contributed by atoms with Gasteiger partial charge >= 0.3 is 0 Å². The first-order valence-electron chi connectivity index (χ1n) is 10.9. The molecule has 2 heterocycles. The van der Waals surface area contributed by atoms with Crippen LogP contribution in [0.4, 0.5) is 0 Å². The Morgan fingerprint density at radius 3 is 1.76 bits per heavy atom. The molecular formula is C29H20N2O2. The molecule has 1 aliphatic carbocycles. The normalized spacial score (nSPS) is 14.1. The Balaban J connectivity index is 1.77. The smallest absolute Gasteiger partial charge is 0.187 e. The first-order valence-corrected chi connectivity index (χ1v) is 10.9. The van der Waals surface area contributed by atoms with Gasteiger partial charge in [-0.1, -0.05) is 66.7 Å². The van der Waals surface area contributed by atoms with E-state index in [1.54, 1.807) is 0 Å². The average Bonchev–Trinajstić information content (AvgIpc) is 3.38. The summed E-state index contributed by atoms with van der Waals surface area (Å²) in [5.74, 6) is -0.335. The van der Waals surface area contributed by atoms with Gasteiger partial charge in [-0.15, -0.1) is 0 Å². The molecule has 4 heteroatoms. The maximum Gasteiger partial charge on any atom is 0.187 e. The highest BCUT2D eigenvalue weighted by molar-refractivity contribution is 6.50. The average molecular weight is 428 g/mol. The van der Waals surface area contributed by atoms with Gasteiger partial charge in [-0.05, 0) is 36.8 Å². The number of H-pyrrole nitrogens is 2. The SMILES string of the molecule is Cc1[nH]c2ccccc2c1C1=C(c2c(-c3ccccc3)[nH]c3ccccc23)C(=O)C=CC1=O. The van der Waals surface area contributed by atoms with Crippen LogP contribution in [0, 0.1) is 6.92 Å². The monoisotopic (exact) mass is 428 g/mol. The Morgan fingerprint density at radius 1 is 0.576 bits per heavy atom. The number of carbonyl (C=O) groups excluding carboxylic acids is 2. The molecule has 1 aliphatic rings. The Bertz CT molecular complexity index is 1650. The summed E-state index contributed by atoms with van der Waals surface area (Å²) >= 11 is 0. The van der Waals surface area contributed by atoms with Gasteiger partial charge in [0.25, 0.3) is 0 Å². The van der Waals surface area contributed by atoms with Crippen LogP contribution >= 0.6 is 0 Å². The van der Waals surface area contributed by atoms with Gasteiger partial charge in [-0.3, -0.25) is 9.59 Å². The van der Waals surface area contributed by atoms with Crippen molar-refractivity contribution in [3.8, 4) is 11.3 Å². The van der Waals surface area contributed by atoms with Crippen LogP contribution in [0.25, 0.3) is 44.2 Å². The molecule has 2 aromatic heterocycles. The number of fused-ring (bicyclic) bond motifs is 2. The summed E-state index contributed by atoms with van der Waals surface area (Å²) in [5.41, 5.74) is 6.94. The van der Waals surface area contributed by atoms with Crippen molar-refractivity contribution < 1.29 is 9.59 Å². The van der Waals surface area contributed by atoms with E-state index in [1.165, 1.54) is 12.2 Å². The highest BCUT2D eigenvalue weighted by Gasteiger charge is 2.31. The molecule has 0 amide bonds. The first kappa shape index (κ1) is 19.3. The minimum Gasteiger partial charge on any atom is -0.358 e. The lowest BCUT2D eigenvalue weighted by atomic mass is 9.83. The van der Waals surface area contributed by atoms with Gasteiger partial charge < -0.3 is 9.97 Å². The molecule has 0 atom stereocenters. The van der Waals surface area contributed by atoms with Crippen LogP contribution in [0.3, 0.4) is 0 Å². The third-order valence-corrected chi connectivity index (χ3v) is 6.29. The number of carbonyl (C=O) groups is 2. The maximum absolute atomic E-state index is 13.5. The van der Waals surface area contributed by atoms with Crippen LogP contribution < -0.4 is 0 Å². The number of allylic oxidation sites excluding steroid dienone is 4. The highest BCUT2D eigenvalue weighted by atomic mass is 16.1. The molecule has 0 radical (unpaired) electrons. The lowest BCUT2D eigenvalue weighted by molar-refractivity contribution is -0.112. The third kappa shape index (κ3) is 2.92. The van der Waals surface area contributed by atoms with Crippen LogP contribution in [0.1, 0.15) is 16.8 Å². The number of aromatic amines is 2. The molecule has 33 heavy (non-hydrogen) atoms. The zero-order chi connectivity index (χ0) is 22.5. The molecule has 3 aromatic carbocycles. The van der Waals surface area contributed by atoms with Crippen LogP contribution in [-0.2, 0) is 9.59 Å². The summed E-state index contributed by atoms with van der Waals surface area (Å²) < 4.78 is 0. The topological polar surface area (TPSA) is 65.7 Å². The number of benzene rings is 3. The summed E-state index contributed by atoms with van der Waals surface area (Å²) in [6, 6.07) is 25.7. The van der Waals surface area contributed by atoms with Gasteiger partial charge in [0.2, 0.25) is 0 Å². The number of aryl methyl sites for hydroxylation is 1. The predicted octanol–water partition coefficient (Wildman–Crippen LogP) is 6.24. The molecule has 5 aromatic rings. The second kappa shape index (κ2) is 7.31. The summed E-state index contributed by atoms with van der Waals surface area (Å²) in [7, 11) is 0. The molecule has 0 aliphatic heterocycles. The molecule has 0 saturated heterocycles. The van der Waals surface area contributed by atoms with Gasteiger partial charge in [0, 0.05) is 49.8 Å². The Kier molecular flexibility index (Phi) is 4.27. The number of hydrogen-bond acceptors (Lipinski definition) is 2. The minimum absolute atomic E-state index is 0.165. The Morgan fingerprint density at radius 2 is 1.09 bits per heavy atom. The largest absolute Gasteiger partial charge is 0.358 e. The van der Waals surface area contributed by atoms with E-state index in [2.05, 4.69) is 9.97 Å².